The highest BCUT2D eigenvalue weighted by molar-refractivity contribution is 8.00. The number of amides is 3. The summed E-state index contributed by atoms with van der Waals surface area (Å²) in [7, 11) is 0. The number of fused-ring (bicyclic) bond motifs is 1. The maximum atomic E-state index is 14.3. The number of halogens is 1. The lowest BCUT2D eigenvalue weighted by molar-refractivity contribution is -0.113. The molecular weight excluding hydrogens is 393 g/mol. The third-order valence-electron chi connectivity index (χ3n) is 4.85. The van der Waals surface area contributed by atoms with E-state index in [0.717, 1.165) is 23.4 Å². The molecule has 1 heterocycles. The van der Waals surface area contributed by atoms with Crippen molar-refractivity contribution in [2.24, 2.45) is 5.92 Å². The van der Waals surface area contributed by atoms with Crippen molar-refractivity contribution in [3.63, 3.8) is 0 Å². The summed E-state index contributed by atoms with van der Waals surface area (Å²) in [6.07, 6.45) is 2.29. The number of anilines is 2. The van der Waals surface area contributed by atoms with Crippen LogP contribution in [0.25, 0.3) is 0 Å². The fourth-order valence-corrected chi connectivity index (χ4v) is 3.84. The average Bonchev–Trinajstić information content (AvgIpc) is 3.51. The first-order valence-corrected chi connectivity index (χ1v) is 10.5. The van der Waals surface area contributed by atoms with Gasteiger partial charge in [0, 0.05) is 10.6 Å². The van der Waals surface area contributed by atoms with Gasteiger partial charge in [0.1, 0.15) is 0 Å². The fraction of sp³-hybridized carbons (Fsp3) is 0.333. The normalized spacial score (nSPS) is 16.4. The van der Waals surface area contributed by atoms with Gasteiger partial charge in [0.2, 0.25) is 5.91 Å². The van der Waals surface area contributed by atoms with Crippen molar-refractivity contribution in [1.29, 1.82) is 0 Å². The van der Waals surface area contributed by atoms with Crippen molar-refractivity contribution < 1.29 is 18.7 Å². The van der Waals surface area contributed by atoms with E-state index in [1.54, 1.807) is 31.2 Å². The topological polar surface area (TPSA) is 79.5 Å². The number of urea groups is 1. The Morgan fingerprint density at radius 3 is 2.90 bits per heavy atom. The Kier molecular flexibility index (Phi) is 5.62. The molecule has 1 saturated carbocycles. The zero-order valence-corrected chi connectivity index (χ0v) is 16.8. The van der Waals surface area contributed by atoms with Gasteiger partial charge in [-0.1, -0.05) is 6.07 Å². The van der Waals surface area contributed by atoms with Crippen molar-refractivity contribution in [2.45, 2.75) is 30.7 Å². The number of thioether (sulfide) groups is 1. The number of hydrogen-bond donors (Lipinski definition) is 3. The van der Waals surface area contributed by atoms with E-state index >= 15 is 0 Å². The van der Waals surface area contributed by atoms with Crippen LogP contribution in [0.3, 0.4) is 0 Å². The van der Waals surface area contributed by atoms with Gasteiger partial charge in [-0.05, 0) is 61.6 Å². The zero-order chi connectivity index (χ0) is 20.4. The molecule has 1 atom stereocenters. The molecule has 0 spiro atoms. The number of ether oxygens (including phenoxy) is 1. The largest absolute Gasteiger partial charge is 0.490 e. The van der Waals surface area contributed by atoms with Crippen LogP contribution in [0.1, 0.15) is 31.4 Å². The predicted octanol–water partition coefficient (Wildman–Crippen LogP) is 4.54. The van der Waals surface area contributed by atoms with E-state index in [0.29, 0.717) is 29.5 Å². The molecule has 8 heteroatoms. The van der Waals surface area contributed by atoms with Crippen LogP contribution in [0.4, 0.5) is 20.6 Å². The molecule has 2 aromatic carbocycles. The summed E-state index contributed by atoms with van der Waals surface area (Å²) in [6.45, 7) is 2.34. The highest BCUT2D eigenvalue weighted by Crippen LogP contribution is 2.33. The highest BCUT2D eigenvalue weighted by atomic mass is 32.2. The van der Waals surface area contributed by atoms with Gasteiger partial charge in [-0.2, -0.15) is 0 Å². The predicted molar refractivity (Wildman–Crippen MR) is 111 cm³/mol. The maximum Gasteiger partial charge on any atom is 0.319 e. The van der Waals surface area contributed by atoms with Crippen LogP contribution < -0.4 is 20.7 Å². The molecular formula is C21H22FN3O3S. The molecule has 1 fully saturated rings. The summed E-state index contributed by atoms with van der Waals surface area (Å²) in [5, 5.41) is 8.37. The minimum Gasteiger partial charge on any atom is -0.490 e. The Morgan fingerprint density at radius 2 is 2.14 bits per heavy atom. The first-order chi connectivity index (χ1) is 14.0. The number of benzene rings is 2. The van der Waals surface area contributed by atoms with Gasteiger partial charge in [-0.3, -0.25) is 4.79 Å². The number of rotatable bonds is 6. The third kappa shape index (κ3) is 5.00. The second-order valence-electron chi connectivity index (χ2n) is 7.31. The maximum absolute atomic E-state index is 14.3. The lowest BCUT2D eigenvalue weighted by Gasteiger charge is -2.19. The molecule has 6 nitrogen and oxygen atoms in total. The lowest BCUT2D eigenvalue weighted by Crippen LogP contribution is -2.31. The Bertz CT molecular complexity index is 949. The van der Waals surface area contributed by atoms with Crippen LogP contribution in [-0.2, 0) is 4.79 Å². The van der Waals surface area contributed by atoms with Gasteiger partial charge in [0.25, 0.3) is 0 Å². The first kappa shape index (κ1) is 19.6. The van der Waals surface area contributed by atoms with Crippen LogP contribution >= 0.6 is 11.8 Å². The molecule has 29 heavy (non-hydrogen) atoms. The molecule has 4 rings (SSSR count). The fourth-order valence-electron chi connectivity index (χ4n) is 3.00. The molecule has 1 aliphatic carbocycles. The van der Waals surface area contributed by atoms with Crippen LogP contribution in [-0.4, -0.2) is 24.3 Å². The highest BCUT2D eigenvalue weighted by Gasteiger charge is 2.23. The van der Waals surface area contributed by atoms with Crippen molar-refractivity contribution in [3.8, 4) is 5.75 Å². The molecule has 0 saturated heterocycles. The summed E-state index contributed by atoms with van der Waals surface area (Å²) in [5.74, 6) is 0.690. The van der Waals surface area contributed by atoms with E-state index in [2.05, 4.69) is 16.0 Å². The van der Waals surface area contributed by atoms with Crippen LogP contribution in [0, 0.1) is 11.7 Å². The smallest absolute Gasteiger partial charge is 0.319 e. The average molecular weight is 415 g/mol. The molecule has 0 aromatic heterocycles. The second-order valence-corrected chi connectivity index (χ2v) is 8.33. The lowest BCUT2D eigenvalue weighted by atomic mass is 10.1. The summed E-state index contributed by atoms with van der Waals surface area (Å²) < 4.78 is 19.8. The second kappa shape index (κ2) is 8.32. The van der Waals surface area contributed by atoms with Gasteiger partial charge in [-0.15, -0.1) is 11.8 Å². The van der Waals surface area contributed by atoms with Gasteiger partial charge < -0.3 is 20.7 Å². The van der Waals surface area contributed by atoms with Crippen LogP contribution in [0.2, 0.25) is 0 Å². The molecule has 152 valence electrons. The van der Waals surface area contributed by atoms with Gasteiger partial charge in [0.05, 0.1) is 24.1 Å². The summed E-state index contributed by atoms with van der Waals surface area (Å²) in [5.41, 5.74) is 2.01. The molecule has 1 aliphatic heterocycles. The van der Waals surface area contributed by atoms with Gasteiger partial charge in [-0.25, -0.2) is 9.18 Å². The zero-order valence-electron chi connectivity index (χ0n) is 16.0. The molecule has 3 amide bonds. The summed E-state index contributed by atoms with van der Waals surface area (Å²) in [4.78, 5) is 24.6. The molecule has 0 bridgehead atoms. The summed E-state index contributed by atoms with van der Waals surface area (Å²) in [6, 6.07) is 9.28. The Hall–Kier alpha value is -2.74. The summed E-state index contributed by atoms with van der Waals surface area (Å²) >= 11 is 1.42. The van der Waals surface area contributed by atoms with Crippen molar-refractivity contribution in [2.75, 3.05) is 23.0 Å². The quantitative estimate of drug-likeness (QED) is 0.647. The Balaban J connectivity index is 1.34. The molecule has 0 radical (unpaired) electrons. The molecule has 2 aromatic rings. The monoisotopic (exact) mass is 415 g/mol. The SMILES string of the molecule is CC(NC(=O)Nc1ccc2c(c1)SCC(=O)N2)c1ccc(OCC2CC2)c(F)c1. The standard InChI is InChI=1S/C21H22FN3O3S/c1-12(14-4-7-18(16(22)8-14)28-10-13-2-3-13)23-21(27)24-15-5-6-17-19(9-15)29-11-20(26)25-17/h4-9,12-13H,2-3,10-11H2,1H3,(H,25,26)(H2,23,24,27). The minimum absolute atomic E-state index is 0.0361. The Morgan fingerprint density at radius 1 is 1.31 bits per heavy atom. The van der Waals surface area contributed by atoms with Crippen molar-refractivity contribution in [3.05, 3.63) is 47.8 Å². The van der Waals surface area contributed by atoms with E-state index in [-0.39, 0.29) is 17.7 Å². The van der Waals surface area contributed by atoms with Gasteiger partial charge in [0.15, 0.2) is 11.6 Å². The molecule has 1 unspecified atom stereocenters. The van der Waals surface area contributed by atoms with E-state index in [9.17, 15) is 14.0 Å². The molecule has 2 aliphatic rings. The minimum atomic E-state index is -0.425. The van der Waals surface area contributed by atoms with Crippen molar-refractivity contribution in [1.82, 2.24) is 5.32 Å². The Labute approximate surface area is 172 Å². The van der Waals surface area contributed by atoms with E-state index in [1.807, 2.05) is 6.07 Å². The van der Waals surface area contributed by atoms with E-state index in [1.165, 1.54) is 17.8 Å². The van der Waals surface area contributed by atoms with Crippen LogP contribution in [0.5, 0.6) is 5.75 Å². The molecule has 3 N–H and O–H groups in total. The van der Waals surface area contributed by atoms with E-state index < -0.39 is 11.8 Å². The van der Waals surface area contributed by atoms with Gasteiger partial charge >= 0.3 is 6.03 Å². The number of carbonyl (C=O) groups excluding carboxylic acids is 2. The third-order valence-corrected chi connectivity index (χ3v) is 5.90. The number of hydrogen-bond acceptors (Lipinski definition) is 4. The van der Waals surface area contributed by atoms with Crippen molar-refractivity contribution >= 4 is 35.1 Å². The number of carbonyl (C=O) groups is 2. The van der Waals surface area contributed by atoms with E-state index in [4.69, 9.17) is 4.74 Å². The number of nitrogens with one attached hydrogen (secondary N) is 3. The first-order valence-electron chi connectivity index (χ1n) is 9.54. The van der Waals surface area contributed by atoms with Crippen LogP contribution in [0.15, 0.2) is 41.3 Å².